The zero-order valence-corrected chi connectivity index (χ0v) is 19.1. The van der Waals surface area contributed by atoms with E-state index in [9.17, 15) is 19.5 Å². The van der Waals surface area contributed by atoms with E-state index in [0.717, 1.165) is 0 Å². The van der Waals surface area contributed by atoms with Crippen molar-refractivity contribution >= 4 is 40.5 Å². The van der Waals surface area contributed by atoms with Crippen LogP contribution in [0.3, 0.4) is 0 Å². The summed E-state index contributed by atoms with van der Waals surface area (Å²) in [7, 11) is 0. The van der Waals surface area contributed by atoms with Crippen molar-refractivity contribution in [3.8, 4) is 0 Å². The fourth-order valence-corrected chi connectivity index (χ4v) is 4.49. The number of benzene rings is 1. The van der Waals surface area contributed by atoms with Crippen LogP contribution in [0.5, 0.6) is 0 Å². The summed E-state index contributed by atoms with van der Waals surface area (Å²) in [5.74, 6) is -0.955. The Bertz CT molecular complexity index is 1360. The van der Waals surface area contributed by atoms with Crippen LogP contribution < -0.4 is 4.90 Å². The van der Waals surface area contributed by atoms with Crippen molar-refractivity contribution in [3.63, 3.8) is 0 Å². The number of Topliss-reactive ketones (excluding diaryl/α,β-unsaturated/α-hetero) is 1. The molecule has 1 saturated heterocycles. The molecule has 2 aliphatic heterocycles. The van der Waals surface area contributed by atoms with Gasteiger partial charge in [0.25, 0.3) is 17.6 Å². The molecule has 1 fully saturated rings. The van der Waals surface area contributed by atoms with Crippen LogP contribution in [0.1, 0.15) is 27.6 Å². The minimum Gasteiger partial charge on any atom is -0.492 e. The molecule has 178 valence electrons. The highest BCUT2D eigenvalue weighted by Gasteiger charge is 2.34. The Kier molecular flexibility index (Phi) is 5.77. The van der Waals surface area contributed by atoms with Gasteiger partial charge in [-0.1, -0.05) is 18.2 Å². The number of nitrogens with one attached hydrogen (secondary N) is 1. The van der Waals surface area contributed by atoms with Crippen LogP contribution in [0.4, 0.5) is 5.82 Å². The van der Waals surface area contributed by atoms with Crippen molar-refractivity contribution in [2.24, 2.45) is 4.99 Å². The van der Waals surface area contributed by atoms with Crippen LogP contribution >= 0.6 is 0 Å². The molecule has 0 spiro atoms. The summed E-state index contributed by atoms with van der Waals surface area (Å²) in [5.41, 5.74) is 1.43. The van der Waals surface area contributed by atoms with Crippen LogP contribution in [0.15, 0.2) is 65.9 Å². The number of rotatable bonds is 4. The van der Waals surface area contributed by atoms with E-state index in [4.69, 9.17) is 0 Å². The molecule has 3 aromatic rings. The third-order valence-electron chi connectivity index (χ3n) is 6.26. The Morgan fingerprint density at radius 3 is 2.66 bits per heavy atom. The molecular formula is C25H24N6O4. The van der Waals surface area contributed by atoms with Gasteiger partial charge in [0.05, 0.1) is 23.8 Å². The van der Waals surface area contributed by atoms with E-state index in [1.54, 1.807) is 40.4 Å². The van der Waals surface area contributed by atoms with Crippen molar-refractivity contribution in [3.05, 3.63) is 72.0 Å². The lowest BCUT2D eigenvalue weighted by Gasteiger charge is -2.39. The number of aromatic nitrogens is 2. The van der Waals surface area contributed by atoms with Crippen molar-refractivity contribution < 1.29 is 19.5 Å². The second-order valence-corrected chi connectivity index (χ2v) is 8.50. The van der Waals surface area contributed by atoms with Gasteiger partial charge in [0, 0.05) is 55.2 Å². The smallest absolute Gasteiger partial charge is 0.295 e. The number of pyridine rings is 1. The number of nitrogens with zero attached hydrogens (tertiary/aromatic N) is 5. The molecule has 0 unspecified atom stereocenters. The molecule has 0 radical (unpaired) electrons. The lowest BCUT2D eigenvalue weighted by molar-refractivity contribution is -0.128. The van der Waals surface area contributed by atoms with E-state index in [0.29, 0.717) is 35.4 Å². The van der Waals surface area contributed by atoms with Gasteiger partial charge in [0.15, 0.2) is 5.82 Å². The summed E-state index contributed by atoms with van der Waals surface area (Å²) >= 11 is 0. The van der Waals surface area contributed by atoms with Crippen LogP contribution in [0.2, 0.25) is 0 Å². The Morgan fingerprint density at radius 1 is 1.11 bits per heavy atom. The number of ketones is 1. The summed E-state index contributed by atoms with van der Waals surface area (Å²) < 4.78 is 0. The molecule has 2 amide bonds. The SMILES string of the molecule is C[C@@H]1CN(C(=O)C(=O)c2c[nH]c3c(N4C=C(O)N=CC4)nccc23)CCN1C(=O)c1ccccc1. The monoisotopic (exact) mass is 472 g/mol. The van der Waals surface area contributed by atoms with Gasteiger partial charge in [-0.05, 0) is 25.1 Å². The molecule has 35 heavy (non-hydrogen) atoms. The molecule has 2 aromatic heterocycles. The van der Waals surface area contributed by atoms with Gasteiger partial charge >= 0.3 is 0 Å². The number of hydrogen-bond donors (Lipinski definition) is 2. The molecule has 0 aliphatic carbocycles. The zero-order valence-electron chi connectivity index (χ0n) is 19.1. The number of carbonyl (C=O) groups excluding carboxylic acids is 3. The first kappa shape index (κ1) is 22.3. The van der Waals surface area contributed by atoms with Gasteiger partial charge in [-0.15, -0.1) is 0 Å². The molecule has 1 atom stereocenters. The topological polar surface area (TPSA) is 122 Å². The van der Waals surface area contributed by atoms with Crippen LogP contribution in [0, 0.1) is 0 Å². The number of hydrogen-bond acceptors (Lipinski definition) is 7. The maximum Gasteiger partial charge on any atom is 0.295 e. The summed E-state index contributed by atoms with van der Waals surface area (Å²) in [6.45, 7) is 3.18. The predicted octanol–water partition coefficient (Wildman–Crippen LogP) is 2.37. The maximum absolute atomic E-state index is 13.2. The summed E-state index contributed by atoms with van der Waals surface area (Å²) in [6, 6.07) is 10.5. The average molecular weight is 473 g/mol. The number of amides is 2. The van der Waals surface area contributed by atoms with Gasteiger partial charge < -0.3 is 24.8 Å². The van der Waals surface area contributed by atoms with Crippen LogP contribution in [-0.4, -0.2) is 80.9 Å². The van der Waals surface area contributed by atoms with E-state index >= 15 is 0 Å². The van der Waals surface area contributed by atoms with E-state index in [-0.39, 0.29) is 36.5 Å². The quantitative estimate of drug-likeness (QED) is 0.444. The number of H-pyrrole nitrogens is 1. The Labute approximate surface area is 201 Å². The van der Waals surface area contributed by atoms with Gasteiger partial charge in [0.1, 0.15) is 0 Å². The third kappa shape index (κ3) is 4.14. The molecule has 10 heteroatoms. The molecule has 2 N–H and O–H groups in total. The minimum atomic E-state index is -0.623. The molecule has 10 nitrogen and oxygen atoms in total. The van der Waals surface area contributed by atoms with Gasteiger partial charge in [0.2, 0.25) is 5.88 Å². The number of aliphatic imine (C=N–C) groups is 1. The number of piperazine rings is 1. The molecule has 2 aliphatic rings. The van der Waals surface area contributed by atoms with E-state index in [1.807, 2.05) is 25.1 Å². The minimum absolute atomic E-state index is 0.0870. The summed E-state index contributed by atoms with van der Waals surface area (Å²) in [5, 5.41) is 10.3. The number of aromatic amines is 1. The third-order valence-corrected chi connectivity index (χ3v) is 6.26. The van der Waals surface area contributed by atoms with Gasteiger partial charge in [-0.2, -0.15) is 0 Å². The number of carbonyl (C=O) groups is 3. The summed E-state index contributed by atoms with van der Waals surface area (Å²) in [6.07, 6.45) is 6.07. The maximum atomic E-state index is 13.2. The van der Waals surface area contributed by atoms with Gasteiger partial charge in [-0.3, -0.25) is 14.4 Å². The number of aliphatic hydroxyl groups excluding tert-OH is 1. The molecule has 5 rings (SSSR count). The lowest BCUT2D eigenvalue weighted by Crippen LogP contribution is -2.56. The average Bonchev–Trinajstić information content (AvgIpc) is 3.32. The molecule has 4 heterocycles. The Balaban J connectivity index is 1.33. The number of anilines is 1. The highest BCUT2D eigenvalue weighted by Crippen LogP contribution is 2.28. The van der Waals surface area contributed by atoms with E-state index in [2.05, 4.69) is 15.0 Å². The zero-order chi connectivity index (χ0) is 24.5. The first-order valence-corrected chi connectivity index (χ1v) is 11.3. The lowest BCUT2D eigenvalue weighted by atomic mass is 10.1. The van der Waals surface area contributed by atoms with Crippen molar-refractivity contribution in [2.45, 2.75) is 13.0 Å². The Hall–Kier alpha value is -4.47. The fourth-order valence-electron chi connectivity index (χ4n) is 4.49. The van der Waals surface area contributed by atoms with Crippen LogP contribution in [-0.2, 0) is 4.79 Å². The van der Waals surface area contributed by atoms with Crippen molar-refractivity contribution in [2.75, 3.05) is 31.1 Å². The first-order chi connectivity index (χ1) is 16.9. The van der Waals surface area contributed by atoms with Crippen molar-refractivity contribution in [1.82, 2.24) is 19.8 Å². The number of fused-ring (bicyclic) bond motifs is 1. The normalized spacial score (nSPS) is 18.0. The van der Waals surface area contributed by atoms with Gasteiger partial charge in [-0.25, -0.2) is 9.98 Å². The Morgan fingerprint density at radius 2 is 1.91 bits per heavy atom. The molecule has 1 aromatic carbocycles. The number of aliphatic hydroxyl groups is 1. The molecular weight excluding hydrogens is 448 g/mol. The summed E-state index contributed by atoms with van der Waals surface area (Å²) in [4.78, 5) is 55.4. The second-order valence-electron chi connectivity index (χ2n) is 8.50. The predicted molar refractivity (Wildman–Crippen MR) is 130 cm³/mol. The van der Waals surface area contributed by atoms with Crippen LogP contribution in [0.25, 0.3) is 10.9 Å². The molecule has 0 bridgehead atoms. The van der Waals surface area contributed by atoms with E-state index < -0.39 is 11.7 Å². The highest BCUT2D eigenvalue weighted by atomic mass is 16.3. The fraction of sp³-hybridized carbons (Fsp3) is 0.240. The molecule has 0 saturated carbocycles. The van der Waals surface area contributed by atoms with Crippen molar-refractivity contribution in [1.29, 1.82) is 0 Å². The largest absolute Gasteiger partial charge is 0.492 e. The first-order valence-electron chi connectivity index (χ1n) is 11.3. The second kappa shape index (κ2) is 9.05. The standard InChI is InChI=1S/C25H24N6O4/c1-16-14-30(11-12-31(16)24(34)17-5-3-2-4-6-17)25(35)22(33)19-13-28-21-18(19)7-8-27-23(21)29-10-9-26-20(32)15-29/h2-9,13,15-16,28,32H,10-12,14H2,1H3/t16-/m1/s1. The highest BCUT2D eigenvalue weighted by molar-refractivity contribution is 6.45. The van der Waals surface area contributed by atoms with E-state index in [1.165, 1.54) is 17.3 Å².